The molecule has 1 amide bonds. The van der Waals surface area contributed by atoms with Crippen LogP contribution in [-0.2, 0) is 9.53 Å². The van der Waals surface area contributed by atoms with Gasteiger partial charge < -0.3 is 14.8 Å². The van der Waals surface area contributed by atoms with Crippen LogP contribution in [-0.4, -0.2) is 26.2 Å². The van der Waals surface area contributed by atoms with Crippen molar-refractivity contribution in [3.05, 3.63) is 28.2 Å². The van der Waals surface area contributed by atoms with Crippen molar-refractivity contribution >= 4 is 21.8 Å². The van der Waals surface area contributed by atoms with Crippen LogP contribution in [0.25, 0.3) is 0 Å². The lowest BCUT2D eigenvalue weighted by Gasteiger charge is -2.25. The van der Waals surface area contributed by atoms with E-state index >= 15 is 0 Å². The quantitative estimate of drug-likeness (QED) is 0.899. The summed E-state index contributed by atoms with van der Waals surface area (Å²) in [5, 5.41) is 2.77. The van der Waals surface area contributed by atoms with Gasteiger partial charge in [-0.2, -0.15) is 0 Å². The Morgan fingerprint density at radius 3 is 3.00 bits per heavy atom. The highest BCUT2D eigenvalue weighted by Crippen LogP contribution is 2.34. The molecule has 2 rings (SSSR count). The second-order valence-corrected chi connectivity index (χ2v) is 4.31. The number of benzene rings is 1. The van der Waals surface area contributed by atoms with E-state index in [0.717, 1.165) is 15.8 Å². The number of hydrogen-bond acceptors (Lipinski definition) is 3. The topological polar surface area (TPSA) is 47.6 Å². The molecule has 0 bridgehead atoms. The van der Waals surface area contributed by atoms with Crippen molar-refractivity contribution in [2.24, 2.45) is 0 Å². The minimum Gasteiger partial charge on any atom is -0.496 e. The first-order valence-corrected chi connectivity index (χ1v) is 5.72. The van der Waals surface area contributed by atoms with E-state index in [1.54, 1.807) is 7.11 Å². The monoisotopic (exact) mass is 285 g/mol. The summed E-state index contributed by atoms with van der Waals surface area (Å²) in [4.78, 5) is 11.0. The maximum Gasteiger partial charge on any atom is 0.246 e. The summed E-state index contributed by atoms with van der Waals surface area (Å²) < 4.78 is 11.7. The highest BCUT2D eigenvalue weighted by atomic mass is 79.9. The zero-order valence-electron chi connectivity index (χ0n) is 8.83. The Kier molecular flexibility index (Phi) is 3.46. The van der Waals surface area contributed by atoms with Crippen molar-refractivity contribution in [2.75, 3.05) is 20.3 Å². The molecule has 1 heterocycles. The normalized spacial score (nSPS) is 20.4. The summed E-state index contributed by atoms with van der Waals surface area (Å²) in [5.74, 6) is 0.679. The number of carbonyl (C=O) groups is 1. The molecule has 0 saturated carbocycles. The molecular weight excluding hydrogens is 274 g/mol. The fourth-order valence-electron chi connectivity index (χ4n) is 1.69. The molecule has 1 fully saturated rings. The first-order valence-electron chi connectivity index (χ1n) is 4.93. The summed E-state index contributed by atoms with van der Waals surface area (Å²) in [6.45, 7) is 0.562. The fraction of sp³-hybridized carbons (Fsp3) is 0.364. The Labute approximate surface area is 102 Å². The van der Waals surface area contributed by atoms with E-state index in [1.807, 2.05) is 18.2 Å². The number of morpholine rings is 1. The van der Waals surface area contributed by atoms with Gasteiger partial charge >= 0.3 is 0 Å². The van der Waals surface area contributed by atoms with Gasteiger partial charge in [-0.3, -0.25) is 4.79 Å². The second-order valence-electron chi connectivity index (χ2n) is 3.46. The molecule has 1 N–H and O–H groups in total. The summed E-state index contributed by atoms with van der Waals surface area (Å²) in [6, 6.07) is 5.70. The summed E-state index contributed by atoms with van der Waals surface area (Å²) in [6.07, 6.45) is -0.164. The van der Waals surface area contributed by atoms with Crippen LogP contribution in [0.5, 0.6) is 5.75 Å². The third kappa shape index (κ3) is 2.20. The number of carbonyl (C=O) groups excluding carboxylic acids is 1. The van der Waals surface area contributed by atoms with Gasteiger partial charge in [0.25, 0.3) is 0 Å². The van der Waals surface area contributed by atoms with Gasteiger partial charge in [0.05, 0.1) is 7.11 Å². The SMILES string of the molecule is COc1cccc(Br)c1[C@H]1CNC(=O)CO1. The molecule has 4 nitrogen and oxygen atoms in total. The maximum absolute atomic E-state index is 11.0. The van der Waals surface area contributed by atoms with E-state index in [9.17, 15) is 4.79 Å². The van der Waals surface area contributed by atoms with Crippen LogP contribution in [0, 0.1) is 0 Å². The number of halogens is 1. The van der Waals surface area contributed by atoms with Crippen molar-refractivity contribution in [3.8, 4) is 5.75 Å². The van der Waals surface area contributed by atoms with E-state index in [4.69, 9.17) is 9.47 Å². The standard InChI is InChI=1S/C11H12BrNO3/c1-15-8-4-2-3-7(12)11(8)9-5-13-10(14)6-16-9/h2-4,9H,5-6H2,1H3,(H,13,14)/t9-/m1/s1. The third-order valence-corrected chi connectivity index (χ3v) is 3.15. The third-order valence-electron chi connectivity index (χ3n) is 2.46. The molecule has 0 aliphatic carbocycles. The number of ether oxygens (including phenoxy) is 2. The number of methoxy groups -OCH3 is 1. The summed E-state index contributed by atoms with van der Waals surface area (Å²) in [7, 11) is 1.62. The van der Waals surface area contributed by atoms with Crippen LogP contribution in [0.2, 0.25) is 0 Å². The second kappa shape index (κ2) is 4.84. The minimum absolute atomic E-state index is 0.0812. The van der Waals surface area contributed by atoms with Gasteiger partial charge in [0.15, 0.2) is 0 Å². The van der Waals surface area contributed by atoms with Crippen LogP contribution >= 0.6 is 15.9 Å². The van der Waals surface area contributed by atoms with Crippen molar-refractivity contribution in [1.29, 1.82) is 0 Å². The van der Waals surface area contributed by atoms with E-state index in [2.05, 4.69) is 21.2 Å². The van der Waals surface area contributed by atoms with E-state index < -0.39 is 0 Å². The molecule has 86 valence electrons. The largest absolute Gasteiger partial charge is 0.496 e. The van der Waals surface area contributed by atoms with Crippen molar-refractivity contribution in [3.63, 3.8) is 0 Å². The fourth-order valence-corrected chi connectivity index (χ4v) is 2.29. The van der Waals surface area contributed by atoms with Crippen LogP contribution in [0.1, 0.15) is 11.7 Å². The van der Waals surface area contributed by atoms with Crippen molar-refractivity contribution < 1.29 is 14.3 Å². The first-order chi connectivity index (χ1) is 7.72. The smallest absolute Gasteiger partial charge is 0.246 e. The number of nitrogens with one attached hydrogen (secondary N) is 1. The lowest BCUT2D eigenvalue weighted by molar-refractivity contribution is -0.133. The molecule has 16 heavy (non-hydrogen) atoms. The molecule has 1 saturated heterocycles. The molecule has 1 atom stereocenters. The maximum atomic E-state index is 11.0. The number of hydrogen-bond donors (Lipinski definition) is 1. The van der Waals surface area contributed by atoms with Crippen LogP contribution in [0.4, 0.5) is 0 Å². The van der Waals surface area contributed by atoms with Crippen molar-refractivity contribution in [1.82, 2.24) is 5.32 Å². The van der Waals surface area contributed by atoms with Crippen LogP contribution in [0.15, 0.2) is 22.7 Å². The Morgan fingerprint density at radius 1 is 1.56 bits per heavy atom. The van der Waals surface area contributed by atoms with Gasteiger partial charge in [-0.25, -0.2) is 0 Å². The molecule has 0 unspecified atom stereocenters. The molecule has 0 aromatic heterocycles. The molecular formula is C11H12BrNO3. The molecule has 1 aliphatic heterocycles. The lowest BCUT2D eigenvalue weighted by Crippen LogP contribution is -2.38. The average Bonchev–Trinajstić information content (AvgIpc) is 2.30. The van der Waals surface area contributed by atoms with Crippen LogP contribution in [0.3, 0.4) is 0 Å². The zero-order chi connectivity index (χ0) is 11.5. The van der Waals surface area contributed by atoms with Gasteiger partial charge in [0, 0.05) is 16.6 Å². The molecule has 0 radical (unpaired) electrons. The zero-order valence-corrected chi connectivity index (χ0v) is 10.4. The minimum atomic E-state index is -0.164. The van der Waals surface area contributed by atoms with Crippen molar-refractivity contribution in [2.45, 2.75) is 6.10 Å². The highest BCUT2D eigenvalue weighted by molar-refractivity contribution is 9.10. The highest BCUT2D eigenvalue weighted by Gasteiger charge is 2.24. The molecule has 1 aromatic rings. The van der Waals surface area contributed by atoms with Gasteiger partial charge in [-0.1, -0.05) is 22.0 Å². The number of amides is 1. The van der Waals surface area contributed by atoms with E-state index in [0.29, 0.717) is 6.54 Å². The first kappa shape index (κ1) is 11.4. The number of rotatable bonds is 2. The summed E-state index contributed by atoms with van der Waals surface area (Å²) >= 11 is 3.47. The van der Waals surface area contributed by atoms with Gasteiger partial charge in [-0.15, -0.1) is 0 Å². The van der Waals surface area contributed by atoms with Crippen LogP contribution < -0.4 is 10.1 Å². The Hall–Kier alpha value is -1.07. The Bertz CT molecular complexity index is 398. The predicted molar refractivity (Wildman–Crippen MR) is 62.4 cm³/mol. The molecule has 0 spiro atoms. The van der Waals surface area contributed by atoms with Gasteiger partial charge in [0.2, 0.25) is 5.91 Å². The summed E-state index contributed by atoms with van der Waals surface area (Å²) in [5.41, 5.74) is 0.935. The van der Waals surface area contributed by atoms with E-state index in [1.165, 1.54) is 0 Å². The molecule has 1 aliphatic rings. The molecule has 5 heteroatoms. The Balaban J connectivity index is 2.28. The predicted octanol–water partition coefficient (Wildman–Crippen LogP) is 1.65. The van der Waals surface area contributed by atoms with Gasteiger partial charge in [-0.05, 0) is 12.1 Å². The van der Waals surface area contributed by atoms with Gasteiger partial charge in [0.1, 0.15) is 18.5 Å². The average molecular weight is 286 g/mol. The molecule has 1 aromatic carbocycles. The van der Waals surface area contributed by atoms with E-state index in [-0.39, 0.29) is 18.6 Å². The Morgan fingerprint density at radius 2 is 2.38 bits per heavy atom. The lowest BCUT2D eigenvalue weighted by atomic mass is 10.1.